The van der Waals surface area contributed by atoms with Gasteiger partial charge in [0, 0.05) is 51.4 Å². The lowest BCUT2D eigenvalue weighted by atomic mass is 10.1. The Morgan fingerprint density at radius 1 is 0.923 bits per heavy atom. The van der Waals surface area contributed by atoms with Gasteiger partial charge in [0.15, 0.2) is 0 Å². The van der Waals surface area contributed by atoms with E-state index in [1.165, 1.54) is 0 Å². The third-order valence-corrected chi connectivity index (χ3v) is 8.90. The topological polar surface area (TPSA) is 70.2 Å². The molecule has 7 nitrogen and oxygen atoms in total. The van der Waals surface area contributed by atoms with Gasteiger partial charge in [-0.05, 0) is 30.7 Å². The van der Waals surface area contributed by atoms with Crippen LogP contribution in [0.3, 0.4) is 0 Å². The minimum atomic E-state index is -3.50. The SMILES string of the molecule is COc1ccccc1/C=C/CN(CCN1CCN(S(=O)(=O)c2ccc(C)cc2)CC1)C(=O)Cc1ccccc1. The van der Waals surface area contributed by atoms with Crippen molar-refractivity contribution in [3.63, 3.8) is 0 Å². The molecule has 0 unspecified atom stereocenters. The maximum atomic E-state index is 13.3. The van der Waals surface area contributed by atoms with Crippen LogP contribution in [0.25, 0.3) is 6.08 Å². The number of piperazine rings is 1. The van der Waals surface area contributed by atoms with Crippen LogP contribution in [0, 0.1) is 6.92 Å². The first-order chi connectivity index (χ1) is 18.9. The van der Waals surface area contributed by atoms with Crippen LogP contribution in [0.15, 0.2) is 89.8 Å². The number of rotatable bonds is 11. The summed E-state index contributed by atoms with van der Waals surface area (Å²) in [7, 11) is -1.86. The van der Waals surface area contributed by atoms with E-state index in [0.29, 0.717) is 57.1 Å². The Morgan fingerprint density at radius 3 is 2.28 bits per heavy atom. The summed E-state index contributed by atoms with van der Waals surface area (Å²) in [6.07, 6.45) is 4.31. The van der Waals surface area contributed by atoms with E-state index in [4.69, 9.17) is 4.74 Å². The minimum Gasteiger partial charge on any atom is -0.496 e. The highest BCUT2D eigenvalue weighted by atomic mass is 32.2. The van der Waals surface area contributed by atoms with Crippen molar-refractivity contribution in [2.24, 2.45) is 0 Å². The van der Waals surface area contributed by atoms with Crippen LogP contribution < -0.4 is 4.74 Å². The molecule has 3 aromatic rings. The first kappa shape index (κ1) is 28.5. The van der Waals surface area contributed by atoms with Gasteiger partial charge in [0.2, 0.25) is 15.9 Å². The Labute approximate surface area is 232 Å². The number of hydrogen-bond donors (Lipinski definition) is 0. The highest BCUT2D eigenvalue weighted by molar-refractivity contribution is 7.89. The first-order valence-corrected chi connectivity index (χ1v) is 14.7. The summed E-state index contributed by atoms with van der Waals surface area (Å²) in [6.45, 7) is 5.78. The van der Waals surface area contributed by atoms with Crippen LogP contribution in [-0.2, 0) is 21.2 Å². The summed E-state index contributed by atoms with van der Waals surface area (Å²) in [6, 6.07) is 24.5. The van der Waals surface area contributed by atoms with Crippen molar-refractivity contribution >= 4 is 22.0 Å². The number of ether oxygens (including phenoxy) is 1. The lowest BCUT2D eigenvalue weighted by molar-refractivity contribution is -0.130. The Morgan fingerprint density at radius 2 is 1.59 bits per heavy atom. The second kappa shape index (κ2) is 13.6. The van der Waals surface area contributed by atoms with Crippen molar-refractivity contribution in [1.82, 2.24) is 14.1 Å². The fraction of sp³-hybridized carbons (Fsp3) is 0.323. The van der Waals surface area contributed by atoms with Gasteiger partial charge in [0.25, 0.3) is 0 Å². The molecule has 1 amide bonds. The molecule has 1 saturated heterocycles. The van der Waals surface area contributed by atoms with Gasteiger partial charge in [-0.2, -0.15) is 4.31 Å². The van der Waals surface area contributed by atoms with E-state index in [9.17, 15) is 13.2 Å². The monoisotopic (exact) mass is 547 g/mol. The van der Waals surface area contributed by atoms with Crippen LogP contribution in [0.2, 0.25) is 0 Å². The van der Waals surface area contributed by atoms with E-state index in [0.717, 1.165) is 22.4 Å². The average Bonchev–Trinajstić information content (AvgIpc) is 2.96. The standard InChI is InChI=1S/C31H37N3O4S/c1-26-14-16-29(17-15-26)39(36,37)34-23-20-32(21-24-34)19-22-33(31(35)25-27-9-4-3-5-10-27)18-8-12-28-11-6-7-13-30(28)38-2/h3-17H,18-25H2,1-2H3/b12-8+. The molecular weight excluding hydrogens is 510 g/mol. The van der Waals surface area contributed by atoms with Crippen molar-refractivity contribution in [2.45, 2.75) is 18.2 Å². The minimum absolute atomic E-state index is 0.0615. The molecule has 0 bridgehead atoms. The summed E-state index contributed by atoms with van der Waals surface area (Å²) >= 11 is 0. The molecule has 0 atom stereocenters. The molecule has 8 heteroatoms. The lowest BCUT2D eigenvalue weighted by Crippen LogP contribution is -2.50. The van der Waals surface area contributed by atoms with Crippen LogP contribution >= 0.6 is 0 Å². The first-order valence-electron chi connectivity index (χ1n) is 13.3. The van der Waals surface area contributed by atoms with E-state index in [2.05, 4.69) is 4.90 Å². The third kappa shape index (κ3) is 7.79. The quantitative estimate of drug-likeness (QED) is 0.362. The molecule has 206 valence electrons. The van der Waals surface area contributed by atoms with E-state index in [1.54, 1.807) is 23.5 Å². The molecule has 1 fully saturated rings. The van der Waals surface area contributed by atoms with E-state index < -0.39 is 10.0 Å². The molecule has 1 heterocycles. The van der Waals surface area contributed by atoms with E-state index in [1.807, 2.05) is 90.7 Å². The van der Waals surface area contributed by atoms with Gasteiger partial charge >= 0.3 is 0 Å². The lowest BCUT2D eigenvalue weighted by Gasteiger charge is -2.35. The Kier molecular flexibility index (Phi) is 9.92. The van der Waals surface area contributed by atoms with Gasteiger partial charge in [-0.3, -0.25) is 9.69 Å². The molecule has 39 heavy (non-hydrogen) atoms. The molecular formula is C31H37N3O4S. The summed E-state index contributed by atoms with van der Waals surface area (Å²) in [5.74, 6) is 0.848. The number of carbonyl (C=O) groups excluding carboxylic acids is 1. The second-order valence-corrected chi connectivity index (χ2v) is 11.6. The van der Waals surface area contributed by atoms with Crippen molar-refractivity contribution in [3.05, 3.63) is 102 Å². The number of carbonyl (C=O) groups is 1. The molecule has 0 radical (unpaired) electrons. The predicted molar refractivity (Wildman–Crippen MR) is 155 cm³/mol. The number of hydrogen-bond acceptors (Lipinski definition) is 5. The molecule has 0 spiro atoms. The van der Waals surface area contributed by atoms with Crippen molar-refractivity contribution in [1.29, 1.82) is 0 Å². The van der Waals surface area contributed by atoms with Crippen LogP contribution in [0.1, 0.15) is 16.7 Å². The fourth-order valence-electron chi connectivity index (χ4n) is 4.63. The molecule has 0 saturated carbocycles. The molecule has 3 aromatic carbocycles. The van der Waals surface area contributed by atoms with E-state index >= 15 is 0 Å². The third-order valence-electron chi connectivity index (χ3n) is 6.99. The fourth-order valence-corrected chi connectivity index (χ4v) is 6.05. The highest BCUT2D eigenvalue weighted by Crippen LogP contribution is 2.20. The number of methoxy groups -OCH3 is 1. The molecule has 1 aliphatic heterocycles. The zero-order valence-electron chi connectivity index (χ0n) is 22.7. The van der Waals surface area contributed by atoms with Crippen LogP contribution in [-0.4, -0.2) is 81.4 Å². The maximum absolute atomic E-state index is 13.3. The van der Waals surface area contributed by atoms with Gasteiger partial charge in [-0.25, -0.2) is 8.42 Å². The zero-order chi connectivity index (χ0) is 27.7. The number of aryl methyl sites for hydroxylation is 1. The van der Waals surface area contributed by atoms with Crippen molar-refractivity contribution in [2.75, 3.05) is 52.9 Å². The number of benzene rings is 3. The van der Waals surface area contributed by atoms with Gasteiger partial charge in [-0.1, -0.05) is 78.4 Å². The summed E-state index contributed by atoms with van der Waals surface area (Å²) < 4.78 is 33.1. The van der Waals surface area contributed by atoms with E-state index in [-0.39, 0.29) is 5.91 Å². The number of amides is 1. The smallest absolute Gasteiger partial charge is 0.243 e. The Balaban J connectivity index is 1.37. The Bertz CT molecular complexity index is 1350. The second-order valence-electron chi connectivity index (χ2n) is 9.71. The molecule has 0 N–H and O–H groups in total. The van der Waals surface area contributed by atoms with Crippen LogP contribution in [0.5, 0.6) is 5.75 Å². The molecule has 1 aliphatic rings. The largest absolute Gasteiger partial charge is 0.496 e. The summed E-state index contributed by atoms with van der Waals surface area (Å²) in [5, 5.41) is 0. The van der Waals surface area contributed by atoms with Crippen molar-refractivity contribution in [3.8, 4) is 5.75 Å². The van der Waals surface area contributed by atoms with Crippen LogP contribution in [0.4, 0.5) is 0 Å². The predicted octanol–water partition coefficient (Wildman–Crippen LogP) is 4.09. The normalized spacial score (nSPS) is 14.9. The molecule has 0 aromatic heterocycles. The van der Waals surface area contributed by atoms with Gasteiger partial charge in [0.1, 0.15) is 5.75 Å². The number of nitrogens with zero attached hydrogens (tertiary/aromatic N) is 3. The van der Waals surface area contributed by atoms with Gasteiger partial charge in [-0.15, -0.1) is 0 Å². The van der Waals surface area contributed by atoms with Crippen molar-refractivity contribution < 1.29 is 17.9 Å². The highest BCUT2D eigenvalue weighted by Gasteiger charge is 2.28. The summed E-state index contributed by atoms with van der Waals surface area (Å²) in [4.78, 5) is 17.7. The summed E-state index contributed by atoms with van der Waals surface area (Å²) in [5.41, 5.74) is 2.97. The molecule has 4 rings (SSSR count). The number of sulfonamides is 1. The Hall–Kier alpha value is -3.46. The number of para-hydroxylation sites is 1. The van der Waals surface area contributed by atoms with Gasteiger partial charge < -0.3 is 9.64 Å². The maximum Gasteiger partial charge on any atom is 0.243 e. The zero-order valence-corrected chi connectivity index (χ0v) is 23.5. The van der Waals surface area contributed by atoms with Gasteiger partial charge in [0.05, 0.1) is 18.4 Å². The average molecular weight is 548 g/mol. The molecule has 0 aliphatic carbocycles.